The van der Waals surface area contributed by atoms with Gasteiger partial charge in [-0.15, -0.1) is 0 Å². The first kappa shape index (κ1) is 15.5. The SMILES string of the molecule is O=C(COc1ccc(N2CCCC2)cc1)NCC(F)(F)F. The van der Waals surface area contributed by atoms with Gasteiger partial charge in [0, 0.05) is 18.8 Å². The van der Waals surface area contributed by atoms with E-state index in [0.29, 0.717) is 5.75 Å². The van der Waals surface area contributed by atoms with Gasteiger partial charge in [0.2, 0.25) is 0 Å². The predicted octanol–water partition coefficient (Wildman–Crippen LogP) is 2.34. The lowest BCUT2D eigenvalue weighted by molar-refractivity contribution is -0.139. The van der Waals surface area contributed by atoms with E-state index >= 15 is 0 Å². The number of carbonyl (C=O) groups excluding carboxylic acids is 1. The van der Waals surface area contributed by atoms with Crippen molar-refractivity contribution < 1.29 is 22.7 Å². The third-order valence-electron chi connectivity index (χ3n) is 3.16. The summed E-state index contributed by atoms with van der Waals surface area (Å²) < 4.78 is 40.9. The van der Waals surface area contributed by atoms with Crippen LogP contribution in [0.2, 0.25) is 0 Å². The van der Waals surface area contributed by atoms with Crippen molar-refractivity contribution >= 4 is 11.6 Å². The van der Waals surface area contributed by atoms with E-state index in [-0.39, 0.29) is 0 Å². The molecule has 4 nitrogen and oxygen atoms in total. The summed E-state index contributed by atoms with van der Waals surface area (Å²) in [7, 11) is 0. The van der Waals surface area contributed by atoms with Gasteiger partial charge in [-0.1, -0.05) is 0 Å². The molecule has 1 aromatic carbocycles. The van der Waals surface area contributed by atoms with E-state index in [9.17, 15) is 18.0 Å². The number of ether oxygens (including phenoxy) is 1. The Hall–Kier alpha value is -1.92. The van der Waals surface area contributed by atoms with Crippen LogP contribution in [0.5, 0.6) is 5.75 Å². The molecule has 116 valence electrons. The summed E-state index contributed by atoms with van der Waals surface area (Å²) in [6.45, 7) is 0.280. The molecule has 0 saturated carbocycles. The summed E-state index contributed by atoms with van der Waals surface area (Å²) in [4.78, 5) is 13.4. The molecule has 1 heterocycles. The Morgan fingerprint density at radius 3 is 2.38 bits per heavy atom. The van der Waals surface area contributed by atoms with Gasteiger partial charge in [-0.2, -0.15) is 13.2 Å². The quantitative estimate of drug-likeness (QED) is 0.908. The summed E-state index contributed by atoms with van der Waals surface area (Å²) in [6, 6.07) is 7.19. The molecule has 1 fully saturated rings. The van der Waals surface area contributed by atoms with Gasteiger partial charge in [0.1, 0.15) is 12.3 Å². The number of hydrogen-bond donors (Lipinski definition) is 1. The maximum atomic E-state index is 11.9. The van der Waals surface area contributed by atoms with E-state index in [0.717, 1.165) is 18.8 Å². The van der Waals surface area contributed by atoms with Gasteiger partial charge in [-0.05, 0) is 37.1 Å². The Balaban J connectivity index is 1.76. The zero-order chi connectivity index (χ0) is 15.3. The van der Waals surface area contributed by atoms with Crippen LogP contribution in [-0.4, -0.2) is 38.3 Å². The number of benzene rings is 1. The monoisotopic (exact) mass is 302 g/mol. The fourth-order valence-electron chi connectivity index (χ4n) is 2.13. The van der Waals surface area contributed by atoms with Crippen molar-refractivity contribution in [1.82, 2.24) is 5.32 Å². The molecule has 0 aliphatic carbocycles. The van der Waals surface area contributed by atoms with Crippen LogP contribution in [0.1, 0.15) is 12.8 Å². The minimum atomic E-state index is -4.41. The van der Waals surface area contributed by atoms with Crippen molar-refractivity contribution in [3.05, 3.63) is 24.3 Å². The van der Waals surface area contributed by atoms with Gasteiger partial charge in [-0.25, -0.2) is 0 Å². The van der Waals surface area contributed by atoms with Crippen LogP contribution >= 0.6 is 0 Å². The second-order valence-corrected chi connectivity index (χ2v) is 4.87. The smallest absolute Gasteiger partial charge is 0.405 e. The van der Waals surface area contributed by atoms with Crippen molar-refractivity contribution in [3.8, 4) is 5.75 Å². The molecule has 7 heteroatoms. The third-order valence-corrected chi connectivity index (χ3v) is 3.16. The number of hydrogen-bond acceptors (Lipinski definition) is 3. The number of carbonyl (C=O) groups is 1. The zero-order valence-electron chi connectivity index (χ0n) is 11.4. The molecule has 0 radical (unpaired) electrons. The Morgan fingerprint density at radius 2 is 1.81 bits per heavy atom. The van der Waals surface area contributed by atoms with Gasteiger partial charge in [0.05, 0.1) is 0 Å². The zero-order valence-corrected chi connectivity index (χ0v) is 11.4. The summed E-state index contributed by atoms with van der Waals surface area (Å²) >= 11 is 0. The third kappa shape index (κ3) is 5.17. The highest BCUT2D eigenvalue weighted by Crippen LogP contribution is 2.22. The Kier molecular flexibility index (Phi) is 4.93. The lowest BCUT2D eigenvalue weighted by Crippen LogP contribution is -2.36. The van der Waals surface area contributed by atoms with Crippen LogP contribution in [0.15, 0.2) is 24.3 Å². The summed E-state index contributed by atoms with van der Waals surface area (Å²) in [6.07, 6.45) is -2.05. The van der Waals surface area contributed by atoms with Crippen LogP contribution in [0, 0.1) is 0 Å². The van der Waals surface area contributed by atoms with E-state index in [1.165, 1.54) is 12.8 Å². The van der Waals surface area contributed by atoms with Crippen LogP contribution in [0.25, 0.3) is 0 Å². The number of halogens is 3. The van der Waals surface area contributed by atoms with Gasteiger partial charge in [0.15, 0.2) is 6.61 Å². The van der Waals surface area contributed by atoms with E-state index < -0.39 is 25.2 Å². The highest BCUT2D eigenvalue weighted by atomic mass is 19.4. The van der Waals surface area contributed by atoms with E-state index in [1.54, 1.807) is 17.4 Å². The molecule has 0 bridgehead atoms. The summed E-state index contributed by atoms with van der Waals surface area (Å²) in [5.74, 6) is -0.337. The van der Waals surface area contributed by atoms with Crippen LogP contribution in [-0.2, 0) is 4.79 Å². The Morgan fingerprint density at radius 1 is 1.19 bits per heavy atom. The minimum absolute atomic E-state index is 0.431. The predicted molar refractivity (Wildman–Crippen MR) is 72.4 cm³/mol. The highest BCUT2D eigenvalue weighted by Gasteiger charge is 2.27. The number of amides is 1. The van der Waals surface area contributed by atoms with Crippen molar-refractivity contribution in [2.45, 2.75) is 19.0 Å². The first-order valence-corrected chi connectivity index (χ1v) is 6.75. The maximum absolute atomic E-state index is 11.9. The van der Waals surface area contributed by atoms with E-state index in [4.69, 9.17) is 4.74 Å². The van der Waals surface area contributed by atoms with E-state index in [1.807, 2.05) is 12.1 Å². The first-order chi connectivity index (χ1) is 9.94. The lowest BCUT2D eigenvalue weighted by Gasteiger charge is -2.17. The molecule has 1 aliphatic heterocycles. The van der Waals surface area contributed by atoms with Crippen molar-refractivity contribution in [2.24, 2.45) is 0 Å². The molecular formula is C14H17F3N2O2. The van der Waals surface area contributed by atoms with Gasteiger partial charge < -0.3 is 15.0 Å². The fourth-order valence-corrected chi connectivity index (χ4v) is 2.13. The van der Waals surface area contributed by atoms with Gasteiger partial charge in [-0.3, -0.25) is 4.79 Å². The molecule has 0 unspecified atom stereocenters. The topological polar surface area (TPSA) is 41.6 Å². The summed E-state index contributed by atoms with van der Waals surface area (Å²) in [5, 5.41) is 1.75. The van der Waals surface area contributed by atoms with Gasteiger partial charge in [0.25, 0.3) is 5.91 Å². The van der Waals surface area contributed by atoms with Crippen LogP contribution in [0.4, 0.5) is 18.9 Å². The molecule has 1 aliphatic rings. The van der Waals surface area contributed by atoms with Crippen molar-refractivity contribution in [2.75, 3.05) is 31.1 Å². The fraction of sp³-hybridized carbons (Fsp3) is 0.500. The number of anilines is 1. The maximum Gasteiger partial charge on any atom is 0.405 e. The number of nitrogens with zero attached hydrogens (tertiary/aromatic N) is 1. The first-order valence-electron chi connectivity index (χ1n) is 6.75. The van der Waals surface area contributed by atoms with Gasteiger partial charge >= 0.3 is 6.18 Å². The van der Waals surface area contributed by atoms with Crippen LogP contribution < -0.4 is 15.0 Å². The summed E-state index contributed by atoms with van der Waals surface area (Å²) in [5.41, 5.74) is 1.08. The minimum Gasteiger partial charge on any atom is -0.484 e. The van der Waals surface area contributed by atoms with E-state index in [2.05, 4.69) is 4.90 Å². The standard InChI is InChI=1S/C14H17F3N2O2/c15-14(16,17)10-18-13(20)9-21-12-5-3-11(4-6-12)19-7-1-2-8-19/h3-6H,1-2,7-10H2,(H,18,20). The highest BCUT2D eigenvalue weighted by molar-refractivity contribution is 5.77. The Labute approximate surface area is 120 Å². The molecule has 1 saturated heterocycles. The molecule has 21 heavy (non-hydrogen) atoms. The second-order valence-electron chi connectivity index (χ2n) is 4.87. The van der Waals surface area contributed by atoms with Crippen LogP contribution in [0.3, 0.4) is 0 Å². The molecular weight excluding hydrogens is 285 g/mol. The average Bonchev–Trinajstić information content (AvgIpc) is 2.97. The average molecular weight is 302 g/mol. The second kappa shape index (κ2) is 6.69. The lowest BCUT2D eigenvalue weighted by atomic mass is 10.3. The molecule has 0 spiro atoms. The normalized spacial score (nSPS) is 15.1. The van der Waals surface area contributed by atoms with Crippen molar-refractivity contribution in [3.63, 3.8) is 0 Å². The molecule has 2 rings (SSSR count). The largest absolute Gasteiger partial charge is 0.484 e. The molecule has 0 aromatic heterocycles. The molecule has 1 aromatic rings. The number of nitrogens with one attached hydrogen (secondary N) is 1. The number of rotatable bonds is 5. The van der Waals surface area contributed by atoms with Crippen molar-refractivity contribution in [1.29, 1.82) is 0 Å². The molecule has 1 N–H and O–H groups in total. The molecule has 0 atom stereocenters. The number of alkyl halides is 3. The Bertz CT molecular complexity index is 468. The molecule has 1 amide bonds.